The van der Waals surface area contributed by atoms with Crippen LogP contribution >= 0.6 is 0 Å². The van der Waals surface area contributed by atoms with Crippen molar-refractivity contribution < 1.29 is 9.59 Å². The van der Waals surface area contributed by atoms with Crippen LogP contribution in [-0.4, -0.2) is 29.0 Å². The van der Waals surface area contributed by atoms with Crippen LogP contribution in [-0.2, 0) is 16.0 Å². The number of carbonyl (C=O) groups is 2. The third-order valence-electron chi connectivity index (χ3n) is 2.48. The van der Waals surface area contributed by atoms with Gasteiger partial charge in [-0.05, 0) is 18.9 Å². The van der Waals surface area contributed by atoms with E-state index in [2.05, 4.69) is 5.10 Å². The molecule has 1 aromatic carbocycles. The van der Waals surface area contributed by atoms with Gasteiger partial charge in [-0.15, -0.1) is 0 Å². The van der Waals surface area contributed by atoms with E-state index in [1.54, 1.807) is 6.92 Å². The molecule has 0 saturated heterocycles. The highest BCUT2D eigenvalue weighted by molar-refractivity contribution is 6.66. The molecule has 1 amide bonds. The van der Waals surface area contributed by atoms with Crippen molar-refractivity contribution in [1.82, 2.24) is 5.01 Å². The highest BCUT2D eigenvalue weighted by atomic mass is 16.2. The number of rotatable bonds is 3. The van der Waals surface area contributed by atoms with Gasteiger partial charge in [-0.1, -0.05) is 30.3 Å². The average Bonchev–Trinajstić information content (AvgIpc) is 2.56. The third-order valence-corrected chi connectivity index (χ3v) is 2.48. The van der Waals surface area contributed by atoms with Crippen molar-refractivity contribution in [1.29, 1.82) is 0 Å². The maximum atomic E-state index is 11.4. The first-order valence-corrected chi connectivity index (χ1v) is 5.14. The van der Waals surface area contributed by atoms with Gasteiger partial charge < -0.3 is 0 Å². The van der Waals surface area contributed by atoms with Crippen LogP contribution in [0.3, 0.4) is 0 Å². The van der Waals surface area contributed by atoms with Gasteiger partial charge in [-0.25, -0.2) is 5.01 Å². The zero-order valence-corrected chi connectivity index (χ0v) is 9.01. The number of hydrazone groups is 1. The van der Waals surface area contributed by atoms with Gasteiger partial charge in [-0.3, -0.25) is 9.59 Å². The molecule has 0 saturated carbocycles. The summed E-state index contributed by atoms with van der Waals surface area (Å²) in [7, 11) is 0. The Morgan fingerprint density at radius 1 is 1.19 bits per heavy atom. The molecule has 1 aliphatic heterocycles. The number of carbonyl (C=O) groups excluding carboxylic acids is 2. The van der Waals surface area contributed by atoms with Crippen LogP contribution < -0.4 is 0 Å². The zero-order valence-electron chi connectivity index (χ0n) is 9.01. The van der Waals surface area contributed by atoms with Crippen molar-refractivity contribution in [3.8, 4) is 0 Å². The summed E-state index contributed by atoms with van der Waals surface area (Å²) in [5.74, 6) is -1.01. The van der Waals surface area contributed by atoms with Crippen LogP contribution in [0.15, 0.2) is 35.4 Å². The molecule has 1 aliphatic rings. The van der Waals surface area contributed by atoms with E-state index in [-0.39, 0.29) is 5.71 Å². The molecule has 0 unspecified atom stereocenters. The number of nitrogens with zero attached hydrogens (tertiary/aromatic N) is 2. The summed E-state index contributed by atoms with van der Waals surface area (Å²) in [6, 6.07) is 9.80. The Morgan fingerprint density at radius 3 is 2.44 bits per heavy atom. The van der Waals surface area contributed by atoms with Crippen molar-refractivity contribution in [2.75, 3.05) is 6.54 Å². The van der Waals surface area contributed by atoms with E-state index in [9.17, 15) is 9.59 Å². The van der Waals surface area contributed by atoms with Crippen molar-refractivity contribution >= 4 is 17.4 Å². The second-order valence-electron chi connectivity index (χ2n) is 3.68. The van der Waals surface area contributed by atoms with Gasteiger partial charge in [0.25, 0.3) is 5.78 Å². The number of hydrogen-bond donors (Lipinski definition) is 0. The third kappa shape index (κ3) is 2.00. The lowest BCUT2D eigenvalue weighted by Crippen LogP contribution is -2.28. The maximum Gasteiger partial charge on any atom is 0.316 e. The number of amides is 1. The van der Waals surface area contributed by atoms with E-state index in [0.29, 0.717) is 13.0 Å². The molecule has 1 heterocycles. The van der Waals surface area contributed by atoms with Gasteiger partial charge >= 0.3 is 5.91 Å². The summed E-state index contributed by atoms with van der Waals surface area (Å²) in [4.78, 5) is 22.6. The van der Waals surface area contributed by atoms with Crippen molar-refractivity contribution in [2.45, 2.75) is 13.3 Å². The molecule has 0 N–H and O–H groups in total. The largest absolute Gasteiger partial charge is 0.316 e. The topological polar surface area (TPSA) is 49.7 Å². The maximum absolute atomic E-state index is 11.4. The summed E-state index contributed by atoms with van der Waals surface area (Å²) in [6.45, 7) is 2.01. The Morgan fingerprint density at radius 2 is 1.88 bits per heavy atom. The first-order valence-electron chi connectivity index (χ1n) is 5.14. The molecule has 0 aliphatic carbocycles. The zero-order chi connectivity index (χ0) is 11.5. The van der Waals surface area contributed by atoms with Crippen LogP contribution in [0.25, 0.3) is 0 Å². The molecular weight excluding hydrogens is 204 g/mol. The molecule has 82 valence electrons. The van der Waals surface area contributed by atoms with E-state index >= 15 is 0 Å². The molecule has 1 aromatic rings. The van der Waals surface area contributed by atoms with Gasteiger partial charge in [0, 0.05) is 6.54 Å². The minimum absolute atomic E-state index is 0.276. The fourth-order valence-electron chi connectivity index (χ4n) is 1.58. The van der Waals surface area contributed by atoms with E-state index in [0.717, 1.165) is 5.56 Å². The molecule has 0 bridgehead atoms. The van der Waals surface area contributed by atoms with Gasteiger partial charge in [0.1, 0.15) is 5.71 Å². The summed E-state index contributed by atoms with van der Waals surface area (Å²) < 4.78 is 0. The number of ketones is 1. The summed E-state index contributed by atoms with van der Waals surface area (Å²) in [5.41, 5.74) is 1.40. The highest BCUT2D eigenvalue weighted by Gasteiger charge is 2.30. The Bertz CT molecular complexity index is 451. The molecule has 4 nitrogen and oxygen atoms in total. The predicted octanol–water partition coefficient (Wildman–Crippen LogP) is 1.02. The minimum atomic E-state index is -0.520. The minimum Gasteiger partial charge on any atom is -0.282 e. The Balaban J connectivity index is 1.98. The molecule has 4 heteroatoms. The van der Waals surface area contributed by atoms with Crippen molar-refractivity contribution in [3.63, 3.8) is 0 Å². The van der Waals surface area contributed by atoms with Gasteiger partial charge in [0.2, 0.25) is 0 Å². The SMILES string of the molecule is CC1=NN(CCc2ccccc2)C(=O)C1=O. The predicted molar refractivity (Wildman–Crippen MR) is 60.0 cm³/mol. The monoisotopic (exact) mass is 216 g/mol. The first kappa shape index (κ1) is 10.5. The Labute approximate surface area is 93.6 Å². The van der Waals surface area contributed by atoms with Crippen molar-refractivity contribution in [2.24, 2.45) is 5.10 Å². The summed E-state index contributed by atoms with van der Waals surface area (Å²) in [5, 5.41) is 5.16. The van der Waals surface area contributed by atoms with E-state index < -0.39 is 11.7 Å². The van der Waals surface area contributed by atoms with Gasteiger partial charge in [0.05, 0.1) is 0 Å². The molecule has 0 fully saturated rings. The van der Waals surface area contributed by atoms with E-state index in [1.165, 1.54) is 5.01 Å². The normalized spacial score (nSPS) is 15.6. The van der Waals surface area contributed by atoms with E-state index in [4.69, 9.17) is 0 Å². The Hall–Kier alpha value is -1.97. The lowest BCUT2D eigenvalue weighted by molar-refractivity contribution is -0.139. The molecular formula is C12H12N2O2. The number of benzene rings is 1. The second-order valence-corrected chi connectivity index (χ2v) is 3.68. The molecule has 0 spiro atoms. The van der Waals surface area contributed by atoms with Crippen LogP contribution in [0.1, 0.15) is 12.5 Å². The molecule has 16 heavy (non-hydrogen) atoms. The fourth-order valence-corrected chi connectivity index (χ4v) is 1.58. The standard InChI is InChI=1S/C12H12N2O2/c1-9-11(15)12(16)14(13-9)8-7-10-5-3-2-4-6-10/h2-6H,7-8H2,1H3. The lowest BCUT2D eigenvalue weighted by atomic mass is 10.1. The van der Waals surface area contributed by atoms with Gasteiger partial charge in [-0.2, -0.15) is 5.10 Å². The molecule has 0 aromatic heterocycles. The molecule has 0 radical (unpaired) electrons. The summed E-state index contributed by atoms with van der Waals surface area (Å²) >= 11 is 0. The van der Waals surface area contributed by atoms with Crippen LogP contribution in [0.4, 0.5) is 0 Å². The second kappa shape index (κ2) is 4.26. The van der Waals surface area contributed by atoms with Gasteiger partial charge in [0.15, 0.2) is 0 Å². The van der Waals surface area contributed by atoms with Crippen LogP contribution in [0.2, 0.25) is 0 Å². The fraction of sp³-hybridized carbons (Fsp3) is 0.250. The molecule has 2 rings (SSSR count). The van der Waals surface area contributed by atoms with E-state index in [1.807, 2.05) is 30.3 Å². The van der Waals surface area contributed by atoms with Crippen LogP contribution in [0.5, 0.6) is 0 Å². The Kier molecular flexibility index (Phi) is 2.81. The average molecular weight is 216 g/mol. The smallest absolute Gasteiger partial charge is 0.282 e. The number of Topliss-reactive ketones (excluding diaryl/α,β-unsaturated/α-hetero) is 1. The number of hydrogen-bond acceptors (Lipinski definition) is 3. The summed E-state index contributed by atoms with van der Waals surface area (Å²) in [6.07, 6.45) is 0.705. The van der Waals surface area contributed by atoms with Crippen LogP contribution in [0, 0.1) is 0 Å². The molecule has 0 atom stereocenters. The highest BCUT2D eigenvalue weighted by Crippen LogP contribution is 2.07. The first-order chi connectivity index (χ1) is 7.68. The van der Waals surface area contributed by atoms with Crippen molar-refractivity contribution in [3.05, 3.63) is 35.9 Å². The quantitative estimate of drug-likeness (QED) is 0.708. The lowest BCUT2D eigenvalue weighted by Gasteiger charge is -2.10.